The van der Waals surface area contributed by atoms with Crippen molar-refractivity contribution in [1.29, 1.82) is 0 Å². The lowest BCUT2D eigenvalue weighted by molar-refractivity contribution is -0.0632. The molecule has 2 N–H and O–H groups in total. The van der Waals surface area contributed by atoms with Crippen LogP contribution in [0.2, 0.25) is 0 Å². The zero-order chi connectivity index (χ0) is 8.97. The summed E-state index contributed by atoms with van der Waals surface area (Å²) in [5.74, 6) is 0. The maximum absolute atomic E-state index is 9.30. The number of aliphatic hydroxyl groups excluding tert-OH is 1. The van der Waals surface area contributed by atoms with Crippen molar-refractivity contribution in [3.8, 4) is 0 Å². The maximum atomic E-state index is 9.30. The molecule has 4 nitrogen and oxygen atoms in total. The SMILES string of the molecule is CCOC(O)C1=CNC(Cl)N=C1. The lowest BCUT2D eigenvalue weighted by Crippen LogP contribution is -2.26. The lowest BCUT2D eigenvalue weighted by atomic mass is 10.3. The number of alkyl halides is 1. The van der Waals surface area contributed by atoms with Crippen LogP contribution < -0.4 is 5.32 Å². The predicted octanol–water partition coefficient (Wildman–Crippen LogP) is 0.422. The molecule has 0 radical (unpaired) electrons. The van der Waals surface area contributed by atoms with Gasteiger partial charge >= 0.3 is 0 Å². The van der Waals surface area contributed by atoms with Gasteiger partial charge in [0.25, 0.3) is 0 Å². The van der Waals surface area contributed by atoms with Crippen LogP contribution in [-0.2, 0) is 4.74 Å². The Labute approximate surface area is 75.9 Å². The molecule has 12 heavy (non-hydrogen) atoms. The quantitative estimate of drug-likeness (QED) is 0.385. The van der Waals surface area contributed by atoms with Gasteiger partial charge in [-0.1, -0.05) is 11.6 Å². The van der Waals surface area contributed by atoms with Gasteiger partial charge in [0.15, 0.2) is 11.9 Å². The first-order valence-electron chi connectivity index (χ1n) is 3.67. The number of hydrogen-bond acceptors (Lipinski definition) is 4. The first kappa shape index (κ1) is 9.51. The number of aliphatic imine (C=N–C) groups is 1. The molecule has 0 fully saturated rings. The molecule has 0 aromatic carbocycles. The molecule has 0 bridgehead atoms. The van der Waals surface area contributed by atoms with Crippen molar-refractivity contribution in [3.05, 3.63) is 11.8 Å². The molecule has 0 aliphatic carbocycles. The van der Waals surface area contributed by atoms with Gasteiger partial charge in [0.2, 0.25) is 0 Å². The van der Waals surface area contributed by atoms with Gasteiger partial charge in [-0.15, -0.1) is 0 Å². The highest BCUT2D eigenvalue weighted by molar-refractivity contribution is 6.20. The highest BCUT2D eigenvalue weighted by Crippen LogP contribution is 2.06. The number of hydrogen-bond donors (Lipinski definition) is 2. The third kappa shape index (κ3) is 2.48. The first-order chi connectivity index (χ1) is 5.74. The Balaban J connectivity index is 2.48. The molecule has 1 aliphatic heterocycles. The van der Waals surface area contributed by atoms with E-state index in [0.29, 0.717) is 12.2 Å². The molecule has 0 aromatic rings. The molecule has 2 atom stereocenters. The van der Waals surface area contributed by atoms with Crippen LogP contribution in [0.15, 0.2) is 16.8 Å². The van der Waals surface area contributed by atoms with Gasteiger partial charge < -0.3 is 15.2 Å². The first-order valence-corrected chi connectivity index (χ1v) is 4.10. The van der Waals surface area contributed by atoms with Crippen LogP contribution in [0.5, 0.6) is 0 Å². The number of nitrogens with zero attached hydrogens (tertiary/aromatic N) is 1. The fourth-order valence-corrected chi connectivity index (χ4v) is 0.905. The summed E-state index contributed by atoms with van der Waals surface area (Å²) in [6.07, 6.45) is 2.16. The minimum Gasteiger partial charge on any atom is -0.364 e. The largest absolute Gasteiger partial charge is 0.364 e. The van der Waals surface area contributed by atoms with E-state index in [2.05, 4.69) is 10.3 Å². The van der Waals surface area contributed by atoms with Crippen molar-refractivity contribution in [2.75, 3.05) is 6.61 Å². The standard InChI is InChI=1S/C7H11ClN2O2/c1-2-12-6(11)5-3-9-7(8)10-4-5/h3-4,6-7,9,11H,2H2,1H3. The Kier molecular flexibility index (Phi) is 3.52. The van der Waals surface area contributed by atoms with Crippen molar-refractivity contribution in [2.45, 2.75) is 18.8 Å². The average molecular weight is 191 g/mol. The monoisotopic (exact) mass is 190 g/mol. The molecule has 0 saturated carbocycles. The van der Waals surface area contributed by atoms with Gasteiger partial charge in [0, 0.05) is 24.6 Å². The van der Waals surface area contributed by atoms with Crippen LogP contribution in [0.25, 0.3) is 0 Å². The normalized spacial score (nSPS) is 24.6. The molecular weight excluding hydrogens is 180 g/mol. The predicted molar refractivity (Wildman–Crippen MR) is 47.0 cm³/mol. The number of nitrogens with one attached hydrogen (secondary N) is 1. The Hall–Kier alpha value is -0.580. The Morgan fingerprint density at radius 3 is 3.17 bits per heavy atom. The second-order valence-electron chi connectivity index (χ2n) is 2.23. The molecule has 5 heteroatoms. The van der Waals surface area contributed by atoms with E-state index in [1.54, 1.807) is 6.20 Å². The lowest BCUT2D eigenvalue weighted by Gasteiger charge is -2.16. The topological polar surface area (TPSA) is 53.9 Å². The van der Waals surface area contributed by atoms with Crippen LogP contribution in [0, 0.1) is 0 Å². The van der Waals surface area contributed by atoms with Gasteiger partial charge in [0.1, 0.15) is 0 Å². The van der Waals surface area contributed by atoms with Crippen LogP contribution in [-0.4, -0.2) is 29.8 Å². The van der Waals surface area contributed by atoms with E-state index in [1.165, 1.54) is 6.21 Å². The molecule has 68 valence electrons. The van der Waals surface area contributed by atoms with E-state index in [-0.39, 0.29) is 0 Å². The van der Waals surface area contributed by atoms with E-state index in [9.17, 15) is 5.11 Å². The van der Waals surface area contributed by atoms with Crippen molar-refractivity contribution in [2.24, 2.45) is 4.99 Å². The summed E-state index contributed by atoms with van der Waals surface area (Å²) in [5.41, 5.74) is 0.135. The Bertz CT molecular complexity index is 206. The van der Waals surface area contributed by atoms with E-state index in [4.69, 9.17) is 16.3 Å². The Morgan fingerprint density at radius 2 is 2.67 bits per heavy atom. The number of rotatable bonds is 3. The van der Waals surface area contributed by atoms with E-state index >= 15 is 0 Å². The molecule has 0 amide bonds. The van der Waals surface area contributed by atoms with Gasteiger partial charge in [-0.2, -0.15) is 0 Å². The Morgan fingerprint density at radius 1 is 1.92 bits per heavy atom. The van der Waals surface area contributed by atoms with Crippen LogP contribution in [0.1, 0.15) is 6.92 Å². The minimum atomic E-state index is -0.921. The average Bonchev–Trinajstić information content (AvgIpc) is 2.06. The van der Waals surface area contributed by atoms with Crippen LogP contribution >= 0.6 is 11.6 Å². The summed E-state index contributed by atoms with van der Waals surface area (Å²) in [6.45, 7) is 2.26. The number of halogens is 1. The second kappa shape index (κ2) is 4.45. The summed E-state index contributed by atoms with van der Waals surface area (Å²) in [7, 11) is 0. The highest BCUT2D eigenvalue weighted by Gasteiger charge is 2.12. The fourth-order valence-electron chi connectivity index (χ4n) is 0.786. The van der Waals surface area contributed by atoms with Gasteiger partial charge in [-0.3, -0.25) is 4.99 Å². The van der Waals surface area contributed by atoms with Crippen molar-refractivity contribution >= 4 is 17.8 Å². The minimum absolute atomic E-state index is 0.442. The van der Waals surface area contributed by atoms with Crippen molar-refractivity contribution < 1.29 is 9.84 Å². The summed E-state index contributed by atoms with van der Waals surface area (Å²) < 4.78 is 4.93. The molecule has 0 aromatic heterocycles. The molecule has 1 rings (SSSR count). The van der Waals surface area contributed by atoms with Gasteiger partial charge in [-0.05, 0) is 6.92 Å². The van der Waals surface area contributed by atoms with Crippen molar-refractivity contribution in [1.82, 2.24) is 5.32 Å². The maximum Gasteiger partial charge on any atom is 0.194 e. The third-order valence-electron chi connectivity index (χ3n) is 1.35. The third-order valence-corrected chi connectivity index (χ3v) is 1.59. The van der Waals surface area contributed by atoms with Crippen LogP contribution in [0.3, 0.4) is 0 Å². The summed E-state index contributed by atoms with van der Waals surface area (Å²) in [5, 5.41) is 12.0. The summed E-state index contributed by atoms with van der Waals surface area (Å²) >= 11 is 5.59. The highest BCUT2D eigenvalue weighted by atomic mass is 35.5. The second-order valence-corrected chi connectivity index (χ2v) is 2.65. The van der Waals surface area contributed by atoms with Crippen molar-refractivity contribution in [3.63, 3.8) is 0 Å². The molecule has 1 aliphatic rings. The van der Waals surface area contributed by atoms with Crippen LogP contribution in [0.4, 0.5) is 0 Å². The van der Waals surface area contributed by atoms with E-state index < -0.39 is 11.9 Å². The summed E-state index contributed by atoms with van der Waals surface area (Å²) in [4.78, 5) is 3.84. The molecule has 2 unspecified atom stereocenters. The molecular formula is C7H11ClN2O2. The molecule has 1 heterocycles. The van der Waals surface area contributed by atoms with Gasteiger partial charge in [-0.25, -0.2) is 0 Å². The summed E-state index contributed by atoms with van der Waals surface area (Å²) in [6, 6.07) is 0. The number of ether oxygens (including phenoxy) is 1. The molecule has 0 saturated heterocycles. The zero-order valence-electron chi connectivity index (χ0n) is 6.70. The van der Waals surface area contributed by atoms with E-state index in [1.807, 2.05) is 6.92 Å². The fraction of sp³-hybridized carbons (Fsp3) is 0.571. The van der Waals surface area contributed by atoms with Gasteiger partial charge in [0.05, 0.1) is 0 Å². The van der Waals surface area contributed by atoms with E-state index in [0.717, 1.165) is 0 Å². The molecule has 0 spiro atoms. The zero-order valence-corrected chi connectivity index (χ0v) is 7.45. The number of aliphatic hydroxyl groups is 1. The smallest absolute Gasteiger partial charge is 0.194 e.